The van der Waals surface area contributed by atoms with Crippen LogP contribution in [0.1, 0.15) is 17.2 Å². The third-order valence-corrected chi connectivity index (χ3v) is 2.07. The normalized spacial score (nSPS) is 12.3. The third-order valence-electron chi connectivity index (χ3n) is 2.07. The number of esters is 1. The van der Waals surface area contributed by atoms with E-state index in [2.05, 4.69) is 4.74 Å². The summed E-state index contributed by atoms with van der Waals surface area (Å²) in [5.41, 5.74) is -0.287. The van der Waals surface area contributed by atoms with Crippen molar-refractivity contribution in [3.05, 3.63) is 34.9 Å². The van der Waals surface area contributed by atoms with Crippen molar-refractivity contribution in [1.29, 1.82) is 0 Å². The Morgan fingerprint density at radius 1 is 1.44 bits per heavy atom. The Bertz CT molecular complexity index is 406. The maximum atomic E-state index is 12.9. The molecule has 88 valence electrons. The molecule has 0 fully saturated rings. The molecule has 0 saturated carbocycles. The number of hydrogen-bond acceptors (Lipinski definition) is 4. The Morgan fingerprint density at radius 2 is 2.00 bits per heavy atom. The van der Waals surface area contributed by atoms with E-state index in [-0.39, 0.29) is 11.1 Å². The largest absolute Gasteiger partial charge is 0.467 e. The third kappa shape index (κ3) is 2.34. The second kappa shape index (κ2) is 5.00. The molecule has 0 aliphatic carbocycles. The van der Waals surface area contributed by atoms with Crippen LogP contribution in [0.2, 0.25) is 0 Å². The van der Waals surface area contributed by atoms with Crippen molar-refractivity contribution in [1.82, 2.24) is 0 Å². The van der Waals surface area contributed by atoms with Crippen LogP contribution in [0.15, 0.2) is 12.1 Å². The summed E-state index contributed by atoms with van der Waals surface area (Å²) in [6, 6.07) is 1.37. The van der Waals surface area contributed by atoms with Gasteiger partial charge in [0.1, 0.15) is 0 Å². The molecule has 0 aliphatic heterocycles. The molecule has 4 nitrogen and oxygen atoms in total. The van der Waals surface area contributed by atoms with E-state index in [1.54, 1.807) is 0 Å². The lowest BCUT2D eigenvalue weighted by Crippen LogP contribution is -2.16. The average Bonchev–Trinajstić information content (AvgIpc) is 2.30. The van der Waals surface area contributed by atoms with Gasteiger partial charge in [-0.25, -0.2) is 13.6 Å². The van der Waals surface area contributed by atoms with Crippen molar-refractivity contribution >= 4 is 5.97 Å². The van der Waals surface area contributed by atoms with Crippen LogP contribution in [0.4, 0.5) is 8.78 Å². The fourth-order valence-corrected chi connectivity index (χ4v) is 1.23. The molecule has 1 aromatic rings. The van der Waals surface area contributed by atoms with Crippen molar-refractivity contribution in [2.75, 3.05) is 7.11 Å². The topological polar surface area (TPSA) is 66.8 Å². The number of methoxy groups -OCH3 is 1. The van der Waals surface area contributed by atoms with Gasteiger partial charge in [0.2, 0.25) is 0 Å². The zero-order valence-corrected chi connectivity index (χ0v) is 8.41. The van der Waals surface area contributed by atoms with E-state index < -0.39 is 30.3 Å². The maximum Gasteiger partial charge on any atom is 0.339 e. The first-order valence-corrected chi connectivity index (χ1v) is 4.35. The minimum absolute atomic E-state index is 0.0724. The number of halogens is 2. The van der Waals surface area contributed by atoms with Gasteiger partial charge in [-0.05, 0) is 17.7 Å². The lowest BCUT2D eigenvalue weighted by atomic mass is 10.0. The van der Waals surface area contributed by atoms with Crippen LogP contribution in [0.3, 0.4) is 0 Å². The number of hydrogen-bond donors (Lipinski definition) is 2. The van der Waals surface area contributed by atoms with Crippen molar-refractivity contribution in [2.24, 2.45) is 0 Å². The molecule has 1 unspecified atom stereocenters. The smallest absolute Gasteiger partial charge is 0.339 e. The van der Waals surface area contributed by atoms with Crippen LogP contribution < -0.4 is 0 Å². The predicted octanol–water partition coefficient (Wildman–Crippen LogP) is 0.663. The van der Waals surface area contributed by atoms with E-state index in [4.69, 9.17) is 5.11 Å². The van der Waals surface area contributed by atoms with Gasteiger partial charge < -0.3 is 14.9 Å². The van der Waals surface area contributed by atoms with Crippen LogP contribution in [-0.4, -0.2) is 23.3 Å². The highest BCUT2D eigenvalue weighted by atomic mass is 19.2. The van der Waals surface area contributed by atoms with Crippen LogP contribution in [0, 0.1) is 11.6 Å². The summed E-state index contributed by atoms with van der Waals surface area (Å²) in [4.78, 5) is 11.0. The Balaban J connectivity index is 3.21. The van der Waals surface area contributed by atoms with Gasteiger partial charge in [-0.1, -0.05) is 0 Å². The van der Waals surface area contributed by atoms with E-state index in [9.17, 15) is 18.7 Å². The highest BCUT2D eigenvalue weighted by Gasteiger charge is 2.22. The van der Waals surface area contributed by atoms with Gasteiger partial charge in [-0.15, -0.1) is 0 Å². The molecule has 1 atom stereocenters. The molecule has 1 rings (SSSR count). The van der Waals surface area contributed by atoms with E-state index in [1.807, 2.05) is 0 Å². The first kappa shape index (κ1) is 12.5. The number of carbonyl (C=O) groups is 1. The molecule has 1 aromatic carbocycles. The molecule has 2 N–H and O–H groups in total. The fraction of sp³-hybridized carbons (Fsp3) is 0.300. The quantitative estimate of drug-likeness (QED) is 0.751. The summed E-state index contributed by atoms with van der Waals surface area (Å²) in [5.74, 6) is -3.39. The Labute approximate surface area is 90.1 Å². The lowest BCUT2D eigenvalue weighted by Gasteiger charge is -2.12. The number of aliphatic hydroxyl groups is 2. The second-order valence-electron chi connectivity index (χ2n) is 3.05. The van der Waals surface area contributed by atoms with Crippen LogP contribution >= 0.6 is 0 Å². The highest BCUT2D eigenvalue weighted by Crippen LogP contribution is 2.22. The Kier molecular flexibility index (Phi) is 3.92. The number of rotatable bonds is 3. The van der Waals surface area contributed by atoms with Gasteiger partial charge in [0.25, 0.3) is 0 Å². The van der Waals surface area contributed by atoms with Gasteiger partial charge in [0, 0.05) is 5.56 Å². The summed E-state index contributed by atoms with van der Waals surface area (Å²) in [7, 11) is 1.05. The number of ether oxygens (including phenoxy) is 1. The van der Waals surface area contributed by atoms with E-state index >= 15 is 0 Å². The van der Waals surface area contributed by atoms with Crippen molar-refractivity contribution in [2.45, 2.75) is 12.7 Å². The fourth-order valence-electron chi connectivity index (χ4n) is 1.23. The highest BCUT2D eigenvalue weighted by molar-refractivity contribution is 5.76. The molecule has 0 aromatic heterocycles. The first-order valence-electron chi connectivity index (χ1n) is 4.35. The predicted molar refractivity (Wildman–Crippen MR) is 49.3 cm³/mol. The number of carbonyl (C=O) groups excluding carboxylic acids is 1. The van der Waals surface area contributed by atoms with E-state index in [0.717, 1.165) is 13.2 Å². The van der Waals surface area contributed by atoms with E-state index in [0.29, 0.717) is 6.07 Å². The molecule has 0 aliphatic rings. The zero-order valence-electron chi connectivity index (χ0n) is 8.41. The minimum atomic E-state index is -1.75. The van der Waals surface area contributed by atoms with Gasteiger partial charge >= 0.3 is 5.97 Å². The summed E-state index contributed by atoms with van der Waals surface area (Å²) >= 11 is 0. The summed E-state index contributed by atoms with van der Waals surface area (Å²) in [5, 5.41) is 18.3. The Morgan fingerprint density at radius 3 is 2.50 bits per heavy atom. The van der Waals surface area contributed by atoms with Crippen LogP contribution in [0.5, 0.6) is 0 Å². The lowest BCUT2D eigenvalue weighted by molar-refractivity contribution is -0.150. The molecule has 0 spiro atoms. The first-order chi connectivity index (χ1) is 7.51. The molecule has 0 bridgehead atoms. The monoisotopic (exact) mass is 232 g/mol. The molecule has 0 radical (unpaired) electrons. The molecular weight excluding hydrogens is 222 g/mol. The zero-order chi connectivity index (χ0) is 12.3. The van der Waals surface area contributed by atoms with Crippen molar-refractivity contribution in [3.63, 3.8) is 0 Å². The Hall–Kier alpha value is -1.53. The standard InChI is InChI=1S/C10H10F2O4/c1-16-10(15)9(14)6-3-8(12)7(11)2-5(6)4-13/h2-3,9,13-14H,4H2,1H3. The summed E-state index contributed by atoms with van der Waals surface area (Å²) < 4.78 is 30.0. The van der Waals surface area contributed by atoms with Crippen LogP contribution in [-0.2, 0) is 16.1 Å². The number of aliphatic hydroxyl groups excluding tert-OH is 2. The molecule has 6 heteroatoms. The van der Waals surface area contributed by atoms with Gasteiger partial charge in [0.05, 0.1) is 13.7 Å². The molecule has 0 amide bonds. The van der Waals surface area contributed by atoms with Gasteiger partial charge in [0.15, 0.2) is 17.7 Å². The summed E-state index contributed by atoms with van der Waals surface area (Å²) in [6.45, 7) is -0.624. The van der Waals surface area contributed by atoms with Gasteiger partial charge in [-0.2, -0.15) is 0 Å². The maximum absolute atomic E-state index is 12.9. The van der Waals surface area contributed by atoms with Crippen molar-refractivity contribution in [3.8, 4) is 0 Å². The van der Waals surface area contributed by atoms with Gasteiger partial charge in [-0.3, -0.25) is 0 Å². The SMILES string of the molecule is COC(=O)C(O)c1cc(F)c(F)cc1CO. The molecule has 16 heavy (non-hydrogen) atoms. The molecular formula is C10H10F2O4. The molecule has 0 heterocycles. The minimum Gasteiger partial charge on any atom is -0.467 e. The number of benzene rings is 1. The second-order valence-corrected chi connectivity index (χ2v) is 3.05. The molecule has 0 saturated heterocycles. The van der Waals surface area contributed by atoms with Crippen molar-refractivity contribution < 1.29 is 28.5 Å². The average molecular weight is 232 g/mol. The summed E-state index contributed by atoms with van der Waals surface area (Å²) in [6.07, 6.45) is -1.75. The van der Waals surface area contributed by atoms with Crippen LogP contribution in [0.25, 0.3) is 0 Å². The van der Waals surface area contributed by atoms with E-state index in [1.165, 1.54) is 0 Å².